The van der Waals surface area contributed by atoms with Crippen LogP contribution in [0.2, 0.25) is 0 Å². The molecule has 0 atom stereocenters. The average Bonchev–Trinajstić information content (AvgIpc) is 3.41. The Morgan fingerprint density at radius 2 is 2.03 bits per heavy atom. The molecule has 0 saturated carbocycles. The van der Waals surface area contributed by atoms with E-state index in [0.717, 1.165) is 33.5 Å². The summed E-state index contributed by atoms with van der Waals surface area (Å²) in [7, 11) is 0. The molecule has 0 fully saturated rings. The highest BCUT2D eigenvalue weighted by Crippen LogP contribution is 2.34. The van der Waals surface area contributed by atoms with Gasteiger partial charge in [0.2, 0.25) is 5.13 Å². The standard InChI is InChI=1S/C23H18N4O2S2/c1-2-6-20-26-27-23(31-20)25-22(28)16(14-24)13-17-11-12-21(29-17)30-19-10-5-8-15-7-3-4-9-18(15)19/h3-5,7-13H,2,6H2,1H3,(H,25,27,28)/b16-13-. The van der Waals surface area contributed by atoms with Crippen LogP contribution in [0, 0.1) is 11.3 Å². The predicted molar refractivity (Wildman–Crippen MR) is 123 cm³/mol. The van der Waals surface area contributed by atoms with E-state index in [1.54, 1.807) is 6.07 Å². The van der Waals surface area contributed by atoms with Crippen LogP contribution in [-0.2, 0) is 11.2 Å². The minimum atomic E-state index is -0.540. The average molecular weight is 447 g/mol. The fraction of sp³-hybridized carbons (Fsp3) is 0.130. The molecule has 1 N–H and O–H groups in total. The smallest absolute Gasteiger partial charge is 0.268 e. The molecule has 0 saturated heterocycles. The number of fused-ring (bicyclic) bond motifs is 1. The number of hydrogen-bond acceptors (Lipinski definition) is 7. The highest BCUT2D eigenvalue weighted by atomic mass is 32.2. The summed E-state index contributed by atoms with van der Waals surface area (Å²) in [6.45, 7) is 2.05. The summed E-state index contributed by atoms with van der Waals surface area (Å²) in [5, 5.41) is 24.2. The second-order valence-corrected chi connectivity index (χ2v) is 8.72. The van der Waals surface area contributed by atoms with Crippen molar-refractivity contribution in [1.29, 1.82) is 5.26 Å². The van der Waals surface area contributed by atoms with Gasteiger partial charge >= 0.3 is 0 Å². The Morgan fingerprint density at radius 3 is 2.87 bits per heavy atom. The highest BCUT2D eigenvalue weighted by Gasteiger charge is 2.14. The molecular weight excluding hydrogens is 428 g/mol. The number of nitrogens with one attached hydrogen (secondary N) is 1. The molecule has 6 nitrogen and oxygen atoms in total. The fourth-order valence-corrected chi connectivity index (χ4v) is 4.70. The number of carbonyl (C=O) groups is 1. The lowest BCUT2D eigenvalue weighted by atomic mass is 10.1. The lowest BCUT2D eigenvalue weighted by Crippen LogP contribution is -2.13. The first-order valence-electron chi connectivity index (χ1n) is 9.67. The van der Waals surface area contributed by atoms with Crippen molar-refractivity contribution in [3.05, 3.63) is 70.9 Å². The zero-order valence-electron chi connectivity index (χ0n) is 16.7. The number of nitrogens with zero attached hydrogens (tertiary/aromatic N) is 3. The van der Waals surface area contributed by atoms with Crippen molar-refractivity contribution >= 4 is 51.0 Å². The van der Waals surface area contributed by atoms with Gasteiger partial charge in [0.15, 0.2) is 5.09 Å². The summed E-state index contributed by atoms with van der Waals surface area (Å²) in [5.74, 6) is -0.111. The van der Waals surface area contributed by atoms with Gasteiger partial charge in [0.05, 0.1) is 0 Å². The van der Waals surface area contributed by atoms with Crippen LogP contribution >= 0.6 is 23.1 Å². The number of nitriles is 1. The van der Waals surface area contributed by atoms with Gasteiger partial charge in [-0.15, -0.1) is 10.2 Å². The zero-order valence-corrected chi connectivity index (χ0v) is 18.3. The van der Waals surface area contributed by atoms with Crippen molar-refractivity contribution in [3.8, 4) is 6.07 Å². The number of aryl methyl sites for hydroxylation is 1. The molecule has 2 aromatic heterocycles. The zero-order chi connectivity index (χ0) is 21.6. The third-order valence-corrected chi connectivity index (χ3v) is 6.26. The van der Waals surface area contributed by atoms with E-state index in [1.165, 1.54) is 29.2 Å². The molecule has 8 heteroatoms. The largest absolute Gasteiger partial charge is 0.450 e. The van der Waals surface area contributed by atoms with E-state index in [-0.39, 0.29) is 5.57 Å². The normalized spacial score (nSPS) is 11.4. The molecule has 0 radical (unpaired) electrons. The molecule has 154 valence electrons. The first-order valence-corrected chi connectivity index (χ1v) is 11.3. The van der Waals surface area contributed by atoms with Crippen LogP contribution < -0.4 is 5.32 Å². The second-order valence-electron chi connectivity index (χ2n) is 6.61. The molecule has 4 rings (SSSR count). The predicted octanol–water partition coefficient (Wildman–Crippen LogP) is 5.93. The first-order chi connectivity index (χ1) is 15.2. The summed E-state index contributed by atoms with van der Waals surface area (Å²) < 4.78 is 5.84. The minimum absolute atomic E-state index is 0.0664. The SMILES string of the molecule is CCCc1nnc(NC(=O)/C(C#N)=C\c2ccc(Sc3cccc4ccccc34)o2)s1. The Labute approximate surface area is 187 Å². The van der Waals surface area contributed by atoms with Gasteiger partial charge in [0, 0.05) is 17.4 Å². The molecule has 0 bridgehead atoms. The fourth-order valence-electron chi connectivity index (χ4n) is 2.93. The Morgan fingerprint density at radius 1 is 1.19 bits per heavy atom. The van der Waals surface area contributed by atoms with Crippen LogP contribution in [0.5, 0.6) is 0 Å². The van der Waals surface area contributed by atoms with Crippen LogP contribution in [0.4, 0.5) is 5.13 Å². The van der Waals surface area contributed by atoms with Crippen molar-refractivity contribution in [3.63, 3.8) is 0 Å². The number of furan rings is 1. The van der Waals surface area contributed by atoms with E-state index < -0.39 is 5.91 Å². The van der Waals surface area contributed by atoms with Gasteiger partial charge in [0.1, 0.15) is 22.4 Å². The highest BCUT2D eigenvalue weighted by molar-refractivity contribution is 7.99. The quantitative estimate of drug-likeness (QED) is 0.279. The lowest BCUT2D eigenvalue weighted by molar-refractivity contribution is -0.112. The van der Waals surface area contributed by atoms with Crippen LogP contribution in [0.15, 0.2) is 74.6 Å². The van der Waals surface area contributed by atoms with Gasteiger partial charge in [-0.1, -0.05) is 66.4 Å². The maximum Gasteiger partial charge on any atom is 0.268 e. The Hall–Kier alpha value is -3.41. The molecule has 1 amide bonds. The molecule has 0 unspecified atom stereocenters. The molecule has 0 aliphatic rings. The van der Waals surface area contributed by atoms with Crippen LogP contribution in [-0.4, -0.2) is 16.1 Å². The topological polar surface area (TPSA) is 91.8 Å². The van der Waals surface area contributed by atoms with Crippen molar-refractivity contribution in [1.82, 2.24) is 10.2 Å². The Bertz CT molecular complexity index is 1290. The molecule has 2 heterocycles. The molecule has 0 aliphatic heterocycles. The van der Waals surface area contributed by atoms with Crippen molar-refractivity contribution in [2.75, 3.05) is 5.32 Å². The summed E-state index contributed by atoms with van der Waals surface area (Å²) in [5.41, 5.74) is -0.0664. The van der Waals surface area contributed by atoms with Crippen molar-refractivity contribution in [2.24, 2.45) is 0 Å². The van der Waals surface area contributed by atoms with Gasteiger partial charge in [-0.25, -0.2) is 0 Å². The number of amides is 1. The molecule has 4 aromatic rings. The Kier molecular flexibility index (Phi) is 6.46. The van der Waals surface area contributed by atoms with E-state index in [2.05, 4.69) is 33.7 Å². The molecule has 0 aliphatic carbocycles. The third kappa shape index (κ3) is 5.02. The number of carbonyl (C=O) groups excluding carboxylic acids is 1. The van der Waals surface area contributed by atoms with Gasteiger partial charge < -0.3 is 4.42 Å². The summed E-state index contributed by atoms with van der Waals surface area (Å²) in [6.07, 6.45) is 3.18. The van der Waals surface area contributed by atoms with E-state index in [4.69, 9.17) is 4.42 Å². The number of aromatic nitrogens is 2. The first kappa shape index (κ1) is 20.8. The maximum atomic E-state index is 12.4. The Balaban J connectivity index is 1.49. The van der Waals surface area contributed by atoms with Crippen molar-refractivity contribution in [2.45, 2.75) is 29.8 Å². The molecule has 2 aromatic carbocycles. The van der Waals surface area contributed by atoms with E-state index >= 15 is 0 Å². The van der Waals surface area contributed by atoms with E-state index in [0.29, 0.717) is 16.0 Å². The minimum Gasteiger partial charge on any atom is -0.450 e. The lowest BCUT2D eigenvalue weighted by Gasteiger charge is -2.04. The second kappa shape index (κ2) is 9.60. The summed E-state index contributed by atoms with van der Waals surface area (Å²) >= 11 is 2.80. The van der Waals surface area contributed by atoms with E-state index in [1.807, 2.05) is 43.3 Å². The van der Waals surface area contributed by atoms with Gasteiger partial charge in [-0.3, -0.25) is 10.1 Å². The molecule has 0 spiro atoms. The van der Waals surface area contributed by atoms with Crippen LogP contribution in [0.25, 0.3) is 16.8 Å². The maximum absolute atomic E-state index is 12.4. The van der Waals surface area contributed by atoms with Gasteiger partial charge in [-0.05, 0) is 35.4 Å². The van der Waals surface area contributed by atoms with Gasteiger partial charge in [0.25, 0.3) is 5.91 Å². The van der Waals surface area contributed by atoms with Crippen LogP contribution in [0.3, 0.4) is 0 Å². The van der Waals surface area contributed by atoms with Crippen LogP contribution in [0.1, 0.15) is 24.1 Å². The molecular formula is C23H18N4O2S2. The number of hydrogen-bond donors (Lipinski definition) is 1. The van der Waals surface area contributed by atoms with E-state index in [9.17, 15) is 10.1 Å². The number of benzene rings is 2. The summed E-state index contributed by atoms with van der Waals surface area (Å²) in [4.78, 5) is 13.5. The monoisotopic (exact) mass is 446 g/mol. The van der Waals surface area contributed by atoms with Gasteiger partial charge in [-0.2, -0.15) is 5.26 Å². The number of rotatable bonds is 7. The van der Waals surface area contributed by atoms with Crippen molar-refractivity contribution < 1.29 is 9.21 Å². The summed E-state index contributed by atoms with van der Waals surface area (Å²) in [6, 6.07) is 19.7. The third-order valence-electron chi connectivity index (χ3n) is 4.37. The molecule has 31 heavy (non-hydrogen) atoms. The number of anilines is 1.